The number of nitrogens with zero attached hydrogens (tertiary/aromatic N) is 2. The molecule has 0 saturated heterocycles. The van der Waals surface area contributed by atoms with E-state index in [2.05, 4.69) is 59.4 Å². The van der Waals surface area contributed by atoms with Gasteiger partial charge in [0, 0.05) is 17.2 Å². The van der Waals surface area contributed by atoms with Crippen molar-refractivity contribution in [2.24, 2.45) is 0 Å². The van der Waals surface area contributed by atoms with Gasteiger partial charge in [0.05, 0.1) is 10.2 Å². The fourth-order valence-electron chi connectivity index (χ4n) is 1.50. The van der Waals surface area contributed by atoms with Gasteiger partial charge in [-0.25, -0.2) is 9.37 Å². The normalized spacial score (nSPS) is 10.4. The van der Waals surface area contributed by atoms with Crippen LogP contribution in [0, 0.1) is 5.82 Å². The van der Waals surface area contributed by atoms with E-state index >= 15 is 0 Å². The van der Waals surface area contributed by atoms with Gasteiger partial charge >= 0.3 is 0 Å². The summed E-state index contributed by atoms with van der Waals surface area (Å²) in [6.07, 6.45) is 2.60. The first-order chi connectivity index (χ1) is 9.60. The van der Waals surface area contributed by atoms with Crippen LogP contribution in [0.1, 0.15) is 13.3 Å². The molecule has 0 radical (unpaired) electrons. The summed E-state index contributed by atoms with van der Waals surface area (Å²) < 4.78 is 15.2. The van der Waals surface area contributed by atoms with E-state index in [1.807, 2.05) is 0 Å². The molecule has 2 aromatic rings. The van der Waals surface area contributed by atoms with Gasteiger partial charge in [-0.15, -0.1) is 0 Å². The van der Waals surface area contributed by atoms with Gasteiger partial charge in [0.2, 0.25) is 5.95 Å². The summed E-state index contributed by atoms with van der Waals surface area (Å²) in [5.74, 6) is 0.669. The van der Waals surface area contributed by atoms with Gasteiger partial charge in [0.15, 0.2) is 0 Å². The number of anilines is 3. The highest BCUT2D eigenvalue weighted by Crippen LogP contribution is 2.27. The Hall–Kier alpha value is -1.21. The fraction of sp³-hybridized carbons (Fsp3) is 0.231. The van der Waals surface area contributed by atoms with Crippen LogP contribution in [0.4, 0.5) is 21.8 Å². The van der Waals surface area contributed by atoms with Gasteiger partial charge in [-0.05, 0) is 40.5 Å². The Morgan fingerprint density at radius 3 is 2.80 bits per heavy atom. The van der Waals surface area contributed by atoms with E-state index in [4.69, 9.17) is 0 Å². The molecule has 20 heavy (non-hydrogen) atoms. The summed E-state index contributed by atoms with van der Waals surface area (Å²) in [6, 6.07) is 4.80. The van der Waals surface area contributed by atoms with Crippen LogP contribution >= 0.6 is 31.9 Å². The maximum Gasteiger partial charge on any atom is 0.224 e. The maximum atomic E-state index is 13.8. The highest BCUT2D eigenvalue weighted by molar-refractivity contribution is 9.10. The number of hydrogen-bond acceptors (Lipinski definition) is 4. The first-order valence-electron chi connectivity index (χ1n) is 6.08. The smallest absolute Gasteiger partial charge is 0.224 e. The lowest BCUT2D eigenvalue weighted by atomic mass is 10.3. The van der Waals surface area contributed by atoms with Gasteiger partial charge in [-0.3, -0.25) is 0 Å². The summed E-state index contributed by atoms with van der Waals surface area (Å²) in [7, 11) is 0. The first-order valence-corrected chi connectivity index (χ1v) is 7.67. The number of benzene rings is 1. The average Bonchev–Trinajstić information content (AvgIpc) is 2.42. The number of nitrogens with one attached hydrogen (secondary N) is 2. The summed E-state index contributed by atoms with van der Waals surface area (Å²) in [5, 5.41) is 6.04. The highest BCUT2D eigenvalue weighted by Gasteiger charge is 2.08. The molecule has 4 nitrogen and oxygen atoms in total. The van der Waals surface area contributed by atoms with Crippen LogP contribution in [-0.4, -0.2) is 16.5 Å². The molecule has 1 heterocycles. The molecule has 0 aliphatic rings. The summed E-state index contributed by atoms with van der Waals surface area (Å²) in [5.41, 5.74) is 0.356. The summed E-state index contributed by atoms with van der Waals surface area (Å²) >= 11 is 6.57. The van der Waals surface area contributed by atoms with E-state index in [1.54, 1.807) is 18.3 Å². The molecule has 1 aromatic heterocycles. The Balaban J connectivity index is 2.23. The van der Waals surface area contributed by atoms with Gasteiger partial charge in [0.25, 0.3) is 0 Å². The molecule has 0 aliphatic carbocycles. The lowest BCUT2D eigenvalue weighted by Gasteiger charge is -2.10. The Bertz CT molecular complexity index is 607. The van der Waals surface area contributed by atoms with Crippen molar-refractivity contribution >= 4 is 49.3 Å². The SMILES string of the molecule is CCCNc1ncc(Br)c(Nc2ccc(Br)cc2F)n1. The molecule has 106 valence electrons. The van der Waals surface area contributed by atoms with Crippen LogP contribution in [0.5, 0.6) is 0 Å². The van der Waals surface area contributed by atoms with E-state index < -0.39 is 0 Å². The highest BCUT2D eigenvalue weighted by atomic mass is 79.9. The molecule has 0 atom stereocenters. The topological polar surface area (TPSA) is 49.8 Å². The van der Waals surface area contributed by atoms with Crippen LogP contribution in [0.25, 0.3) is 0 Å². The van der Waals surface area contributed by atoms with Gasteiger partial charge in [0.1, 0.15) is 11.6 Å². The van der Waals surface area contributed by atoms with E-state index in [9.17, 15) is 4.39 Å². The molecule has 2 rings (SSSR count). The second-order valence-electron chi connectivity index (χ2n) is 4.07. The van der Waals surface area contributed by atoms with Crippen LogP contribution in [-0.2, 0) is 0 Å². The maximum absolute atomic E-state index is 13.8. The first kappa shape index (κ1) is 15.2. The number of halogens is 3. The third-order valence-electron chi connectivity index (χ3n) is 2.46. The van der Waals surface area contributed by atoms with Crippen molar-refractivity contribution in [3.8, 4) is 0 Å². The molecule has 2 N–H and O–H groups in total. The lowest BCUT2D eigenvalue weighted by molar-refractivity contribution is 0.631. The molecule has 0 aliphatic heterocycles. The largest absolute Gasteiger partial charge is 0.354 e. The standard InChI is InChI=1S/C13H13Br2FN4/c1-2-5-17-13-18-7-9(15)12(20-13)19-11-4-3-8(14)6-10(11)16/h3-4,6-7H,2,5H2,1H3,(H2,17,18,19,20). The molecule has 0 unspecified atom stereocenters. The molecular formula is C13H13Br2FN4. The monoisotopic (exact) mass is 402 g/mol. The molecule has 7 heteroatoms. The third kappa shape index (κ3) is 3.89. The van der Waals surface area contributed by atoms with Crippen molar-refractivity contribution in [1.82, 2.24) is 9.97 Å². The van der Waals surface area contributed by atoms with E-state index in [0.29, 0.717) is 26.4 Å². The Morgan fingerprint density at radius 2 is 2.10 bits per heavy atom. The minimum atomic E-state index is -0.354. The Morgan fingerprint density at radius 1 is 1.30 bits per heavy atom. The second-order valence-corrected chi connectivity index (χ2v) is 5.84. The summed E-state index contributed by atoms with van der Waals surface area (Å²) in [4.78, 5) is 8.45. The van der Waals surface area contributed by atoms with Crippen molar-refractivity contribution < 1.29 is 4.39 Å². The van der Waals surface area contributed by atoms with Crippen molar-refractivity contribution in [3.63, 3.8) is 0 Å². The molecule has 0 bridgehead atoms. The quantitative estimate of drug-likeness (QED) is 0.759. The predicted octanol–water partition coefficient (Wildman–Crippen LogP) is 4.71. The fourth-order valence-corrected chi connectivity index (χ4v) is 2.12. The van der Waals surface area contributed by atoms with Crippen LogP contribution < -0.4 is 10.6 Å². The van der Waals surface area contributed by atoms with Crippen molar-refractivity contribution in [2.45, 2.75) is 13.3 Å². The zero-order valence-electron chi connectivity index (χ0n) is 10.8. The third-order valence-corrected chi connectivity index (χ3v) is 3.53. The van der Waals surface area contributed by atoms with E-state index in [-0.39, 0.29) is 5.82 Å². The zero-order chi connectivity index (χ0) is 14.5. The van der Waals surface area contributed by atoms with Crippen molar-refractivity contribution in [2.75, 3.05) is 17.2 Å². The zero-order valence-corrected chi connectivity index (χ0v) is 13.9. The Labute approximate surface area is 133 Å². The van der Waals surface area contributed by atoms with Crippen LogP contribution in [0.3, 0.4) is 0 Å². The van der Waals surface area contributed by atoms with Gasteiger partial charge in [-0.1, -0.05) is 22.9 Å². The van der Waals surface area contributed by atoms with Crippen molar-refractivity contribution in [3.05, 3.63) is 39.2 Å². The van der Waals surface area contributed by atoms with Gasteiger partial charge in [-0.2, -0.15) is 4.98 Å². The average molecular weight is 404 g/mol. The molecule has 1 aromatic carbocycles. The van der Waals surface area contributed by atoms with E-state index in [0.717, 1.165) is 13.0 Å². The summed E-state index contributed by atoms with van der Waals surface area (Å²) in [6.45, 7) is 2.84. The number of rotatable bonds is 5. The molecule has 0 fully saturated rings. The van der Waals surface area contributed by atoms with Gasteiger partial charge < -0.3 is 10.6 Å². The van der Waals surface area contributed by atoms with Crippen molar-refractivity contribution in [1.29, 1.82) is 0 Å². The van der Waals surface area contributed by atoms with Crippen LogP contribution in [0.15, 0.2) is 33.3 Å². The minimum absolute atomic E-state index is 0.354. The molecular weight excluding hydrogens is 391 g/mol. The second kappa shape index (κ2) is 6.99. The minimum Gasteiger partial charge on any atom is -0.354 e. The molecule has 0 amide bonds. The lowest BCUT2D eigenvalue weighted by Crippen LogP contribution is -2.06. The van der Waals surface area contributed by atoms with E-state index in [1.165, 1.54) is 6.07 Å². The predicted molar refractivity (Wildman–Crippen MR) is 85.9 cm³/mol. The number of hydrogen-bond donors (Lipinski definition) is 2. The Kier molecular flexibility index (Phi) is 5.31. The number of aromatic nitrogens is 2. The van der Waals surface area contributed by atoms with Crippen LogP contribution in [0.2, 0.25) is 0 Å². The molecule has 0 spiro atoms. The molecule has 0 saturated carbocycles.